The summed E-state index contributed by atoms with van der Waals surface area (Å²) in [5.74, 6) is -0.499. The lowest BCUT2D eigenvalue weighted by Crippen LogP contribution is -2.53. The van der Waals surface area contributed by atoms with E-state index < -0.39 is 16.1 Å². The summed E-state index contributed by atoms with van der Waals surface area (Å²) in [6.07, 6.45) is 0.0929. The van der Waals surface area contributed by atoms with Crippen molar-refractivity contribution in [3.05, 3.63) is 71.8 Å². The molecule has 0 aromatic heterocycles. The highest BCUT2D eigenvalue weighted by Gasteiger charge is 2.44. The molecule has 0 saturated carbocycles. The van der Waals surface area contributed by atoms with Crippen molar-refractivity contribution in [2.75, 3.05) is 31.1 Å². The molecule has 0 N–H and O–H groups in total. The molecule has 2 heterocycles. The van der Waals surface area contributed by atoms with Crippen molar-refractivity contribution in [1.29, 1.82) is 0 Å². The van der Waals surface area contributed by atoms with E-state index in [4.69, 9.17) is 11.6 Å². The molecule has 0 aliphatic carbocycles. The molecule has 7 nitrogen and oxygen atoms in total. The Bertz CT molecular complexity index is 1340. The van der Waals surface area contributed by atoms with Crippen LogP contribution in [0.4, 0.5) is 5.69 Å². The van der Waals surface area contributed by atoms with Crippen LogP contribution in [-0.2, 0) is 19.6 Å². The third-order valence-corrected chi connectivity index (χ3v) is 8.44. The zero-order chi connectivity index (χ0) is 23.2. The smallest absolute Gasteiger partial charge is 0.251 e. The molecule has 2 fully saturated rings. The average molecular weight is 484 g/mol. The van der Waals surface area contributed by atoms with Gasteiger partial charge in [0.05, 0.1) is 23.0 Å². The van der Waals surface area contributed by atoms with Crippen LogP contribution in [0.15, 0.2) is 71.6 Å². The summed E-state index contributed by atoms with van der Waals surface area (Å²) in [7, 11) is -3.64. The second-order valence-electron chi connectivity index (χ2n) is 8.21. The predicted molar refractivity (Wildman–Crippen MR) is 127 cm³/mol. The van der Waals surface area contributed by atoms with Gasteiger partial charge in [0.2, 0.25) is 15.9 Å². The number of sulfonamides is 1. The Balaban J connectivity index is 1.29. The molecule has 2 aliphatic rings. The normalized spacial score (nSPS) is 20.6. The predicted octanol–water partition coefficient (Wildman–Crippen LogP) is 3.13. The Morgan fingerprint density at radius 2 is 1.48 bits per heavy atom. The van der Waals surface area contributed by atoms with Crippen molar-refractivity contribution in [2.45, 2.75) is 17.4 Å². The van der Waals surface area contributed by atoms with Crippen LogP contribution in [0.2, 0.25) is 5.02 Å². The summed E-state index contributed by atoms with van der Waals surface area (Å²) in [5, 5.41) is 2.47. The number of imide groups is 1. The van der Waals surface area contributed by atoms with Crippen LogP contribution in [0.5, 0.6) is 0 Å². The zero-order valence-electron chi connectivity index (χ0n) is 17.7. The fourth-order valence-electron chi connectivity index (χ4n) is 4.50. The van der Waals surface area contributed by atoms with Gasteiger partial charge in [-0.3, -0.25) is 14.5 Å². The van der Waals surface area contributed by atoms with Crippen molar-refractivity contribution < 1.29 is 18.0 Å². The van der Waals surface area contributed by atoms with Gasteiger partial charge in [-0.2, -0.15) is 4.31 Å². The molecule has 3 aromatic carbocycles. The lowest BCUT2D eigenvalue weighted by molar-refractivity contribution is -0.123. The van der Waals surface area contributed by atoms with Crippen molar-refractivity contribution in [2.24, 2.45) is 0 Å². The summed E-state index contributed by atoms with van der Waals surface area (Å²) in [6.45, 7) is 1.25. The molecule has 2 amide bonds. The molecule has 0 radical (unpaired) electrons. The molecule has 2 saturated heterocycles. The van der Waals surface area contributed by atoms with Crippen LogP contribution >= 0.6 is 11.6 Å². The van der Waals surface area contributed by atoms with Crippen LogP contribution in [0.25, 0.3) is 10.8 Å². The SMILES string of the molecule is O=C1C[C@@H](N2CCN(S(=O)(=O)c3ccc(Cl)cc3)CC2)C(=O)N1c1ccc2ccccc2c1. The number of benzene rings is 3. The molecule has 3 aromatic rings. The van der Waals surface area contributed by atoms with Gasteiger partial charge in [0.25, 0.3) is 5.91 Å². The number of rotatable bonds is 4. The first kappa shape index (κ1) is 22.0. The summed E-state index contributed by atoms with van der Waals surface area (Å²) < 4.78 is 27.3. The van der Waals surface area contributed by atoms with E-state index in [1.165, 1.54) is 21.3 Å². The molecule has 0 unspecified atom stereocenters. The average Bonchev–Trinajstić information content (AvgIpc) is 3.13. The molecule has 170 valence electrons. The number of halogens is 1. The van der Waals surface area contributed by atoms with Crippen molar-refractivity contribution in [1.82, 2.24) is 9.21 Å². The van der Waals surface area contributed by atoms with Crippen LogP contribution in [-0.4, -0.2) is 61.7 Å². The highest BCUT2D eigenvalue weighted by Crippen LogP contribution is 2.29. The monoisotopic (exact) mass is 483 g/mol. The number of hydrogen-bond donors (Lipinski definition) is 0. The molecule has 0 spiro atoms. The molecular formula is C24H22ClN3O4S. The lowest BCUT2D eigenvalue weighted by atomic mass is 10.1. The summed E-state index contributed by atoms with van der Waals surface area (Å²) in [4.78, 5) is 29.3. The summed E-state index contributed by atoms with van der Waals surface area (Å²) in [5.41, 5.74) is 0.565. The van der Waals surface area contributed by atoms with Gasteiger partial charge in [0.1, 0.15) is 0 Å². The summed E-state index contributed by atoms with van der Waals surface area (Å²) >= 11 is 5.87. The third kappa shape index (κ3) is 4.04. The Hall–Kier alpha value is -2.78. The molecule has 33 heavy (non-hydrogen) atoms. The van der Waals surface area contributed by atoms with Crippen LogP contribution in [0.1, 0.15) is 6.42 Å². The van der Waals surface area contributed by atoms with E-state index in [1.54, 1.807) is 18.2 Å². The standard InChI is InChI=1S/C24H22ClN3O4S/c25-19-6-9-21(10-7-19)33(31,32)27-13-11-26(12-14-27)22-16-23(29)28(24(22)30)20-8-5-17-3-1-2-4-18(17)15-20/h1-10,15,22H,11-14,16H2/t22-/m1/s1. The highest BCUT2D eigenvalue weighted by molar-refractivity contribution is 7.89. The van der Waals surface area contributed by atoms with E-state index in [-0.39, 0.29) is 36.2 Å². The Morgan fingerprint density at radius 1 is 0.818 bits per heavy atom. The largest absolute Gasteiger partial charge is 0.289 e. The molecular weight excluding hydrogens is 462 g/mol. The van der Waals surface area contributed by atoms with E-state index in [9.17, 15) is 18.0 Å². The van der Waals surface area contributed by atoms with Gasteiger partial charge >= 0.3 is 0 Å². The quantitative estimate of drug-likeness (QED) is 0.533. The number of piperazine rings is 1. The maximum atomic E-state index is 13.2. The minimum absolute atomic E-state index is 0.0929. The first-order valence-electron chi connectivity index (χ1n) is 10.7. The van der Waals surface area contributed by atoms with Crippen LogP contribution in [0, 0.1) is 0 Å². The number of carbonyl (C=O) groups excluding carboxylic acids is 2. The molecule has 2 aliphatic heterocycles. The van der Waals surface area contributed by atoms with Crippen molar-refractivity contribution >= 4 is 49.9 Å². The van der Waals surface area contributed by atoms with Gasteiger partial charge in [0.15, 0.2) is 0 Å². The minimum Gasteiger partial charge on any atom is -0.289 e. The Kier molecular flexibility index (Phi) is 5.70. The number of amides is 2. The maximum Gasteiger partial charge on any atom is 0.251 e. The highest BCUT2D eigenvalue weighted by atomic mass is 35.5. The topological polar surface area (TPSA) is 78.0 Å². The first-order valence-corrected chi connectivity index (χ1v) is 12.5. The second kappa shape index (κ2) is 8.53. The Labute approximate surface area is 197 Å². The fourth-order valence-corrected chi connectivity index (χ4v) is 6.05. The lowest BCUT2D eigenvalue weighted by Gasteiger charge is -2.36. The number of carbonyl (C=O) groups is 2. The number of fused-ring (bicyclic) bond motifs is 1. The maximum absolute atomic E-state index is 13.2. The number of nitrogens with zero attached hydrogens (tertiary/aromatic N) is 3. The van der Waals surface area contributed by atoms with Crippen LogP contribution in [0.3, 0.4) is 0 Å². The van der Waals surface area contributed by atoms with E-state index in [0.717, 1.165) is 10.8 Å². The van der Waals surface area contributed by atoms with Gasteiger partial charge in [-0.05, 0) is 47.2 Å². The molecule has 5 rings (SSSR count). The zero-order valence-corrected chi connectivity index (χ0v) is 19.3. The van der Waals surface area contributed by atoms with Gasteiger partial charge in [0, 0.05) is 31.2 Å². The number of anilines is 1. The minimum atomic E-state index is -3.64. The van der Waals surface area contributed by atoms with Gasteiger partial charge in [-0.1, -0.05) is 41.9 Å². The van der Waals surface area contributed by atoms with E-state index in [1.807, 2.05) is 41.3 Å². The second-order valence-corrected chi connectivity index (χ2v) is 10.6. The van der Waals surface area contributed by atoms with Crippen molar-refractivity contribution in [3.8, 4) is 0 Å². The van der Waals surface area contributed by atoms with E-state index >= 15 is 0 Å². The van der Waals surface area contributed by atoms with E-state index in [0.29, 0.717) is 23.8 Å². The molecule has 0 bridgehead atoms. The Morgan fingerprint density at radius 3 is 2.18 bits per heavy atom. The molecule has 9 heteroatoms. The number of hydrogen-bond acceptors (Lipinski definition) is 5. The van der Waals surface area contributed by atoms with Crippen LogP contribution < -0.4 is 4.90 Å². The fraction of sp³-hybridized carbons (Fsp3) is 0.250. The summed E-state index contributed by atoms with van der Waals surface area (Å²) in [6, 6.07) is 18.8. The first-order chi connectivity index (χ1) is 15.8. The van der Waals surface area contributed by atoms with Crippen molar-refractivity contribution in [3.63, 3.8) is 0 Å². The van der Waals surface area contributed by atoms with Gasteiger partial charge < -0.3 is 0 Å². The third-order valence-electron chi connectivity index (χ3n) is 6.28. The van der Waals surface area contributed by atoms with Gasteiger partial charge in [-0.15, -0.1) is 0 Å². The van der Waals surface area contributed by atoms with E-state index in [2.05, 4.69) is 0 Å². The molecule has 1 atom stereocenters. The van der Waals surface area contributed by atoms with Gasteiger partial charge in [-0.25, -0.2) is 13.3 Å².